The van der Waals surface area contributed by atoms with Crippen molar-refractivity contribution in [3.63, 3.8) is 0 Å². The summed E-state index contributed by atoms with van der Waals surface area (Å²) in [5.41, 5.74) is -0.640. The molecule has 1 rings (SSSR count). The van der Waals surface area contributed by atoms with Gasteiger partial charge in [-0.05, 0) is 26.2 Å². The SMILES string of the molecule is CCN(CC(=O)NC)C(=O)NC1(CC(=O)O)CCC1. The van der Waals surface area contributed by atoms with Crippen LogP contribution in [0.4, 0.5) is 4.79 Å². The highest BCUT2D eigenvalue weighted by molar-refractivity contribution is 5.84. The van der Waals surface area contributed by atoms with E-state index >= 15 is 0 Å². The number of urea groups is 1. The first kappa shape index (κ1) is 15.3. The molecule has 3 N–H and O–H groups in total. The number of carboxylic acids is 1. The summed E-state index contributed by atoms with van der Waals surface area (Å²) in [5.74, 6) is -1.17. The number of nitrogens with zero attached hydrogens (tertiary/aromatic N) is 1. The predicted octanol–water partition coefficient (Wildman–Crippen LogP) is 0.161. The van der Waals surface area contributed by atoms with Crippen LogP contribution in [-0.2, 0) is 9.59 Å². The van der Waals surface area contributed by atoms with Gasteiger partial charge < -0.3 is 20.6 Å². The number of aliphatic carboxylic acids is 1. The van der Waals surface area contributed by atoms with E-state index in [0.717, 1.165) is 6.42 Å². The molecule has 0 spiro atoms. The van der Waals surface area contributed by atoms with Crippen molar-refractivity contribution in [3.05, 3.63) is 0 Å². The van der Waals surface area contributed by atoms with E-state index in [9.17, 15) is 14.4 Å². The number of carboxylic acid groups (broad SMARTS) is 1. The Kier molecular flexibility index (Phi) is 5.14. The van der Waals surface area contributed by atoms with Gasteiger partial charge >= 0.3 is 12.0 Å². The second-order valence-electron chi connectivity index (χ2n) is 4.82. The second kappa shape index (κ2) is 6.40. The minimum Gasteiger partial charge on any atom is -0.481 e. The average molecular weight is 271 g/mol. The van der Waals surface area contributed by atoms with Gasteiger partial charge in [-0.1, -0.05) is 0 Å². The molecule has 0 saturated heterocycles. The molecule has 7 heteroatoms. The Bertz CT molecular complexity index is 366. The fraction of sp³-hybridized carbons (Fsp3) is 0.750. The van der Waals surface area contributed by atoms with E-state index < -0.39 is 11.5 Å². The molecule has 0 atom stereocenters. The highest BCUT2D eigenvalue weighted by atomic mass is 16.4. The highest BCUT2D eigenvalue weighted by Crippen LogP contribution is 2.35. The van der Waals surface area contributed by atoms with Gasteiger partial charge in [0, 0.05) is 13.6 Å². The number of hydrogen-bond acceptors (Lipinski definition) is 3. The molecule has 19 heavy (non-hydrogen) atoms. The molecule has 1 fully saturated rings. The van der Waals surface area contributed by atoms with Crippen LogP contribution in [-0.4, -0.2) is 53.6 Å². The molecule has 3 amide bonds. The molecule has 0 aromatic heterocycles. The predicted molar refractivity (Wildman–Crippen MR) is 68.7 cm³/mol. The van der Waals surface area contributed by atoms with E-state index in [2.05, 4.69) is 10.6 Å². The van der Waals surface area contributed by atoms with Gasteiger partial charge in [0.2, 0.25) is 5.91 Å². The summed E-state index contributed by atoms with van der Waals surface area (Å²) in [6.07, 6.45) is 2.18. The lowest BCUT2D eigenvalue weighted by atomic mass is 9.74. The maximum Gasteiger partial charge on any atom is 0.318 e. The molecule has 0 radical (unpaired) electrons. The Hall–Kier alpha value is -1.79. The fourth-order valence-corrected chi connectivity index (χ4v) is 2.12. The topological polar surface area (TPSA) is 98.7 Å². The summed E-state index contributed by atoms with van der Waals surface area (Å²) in [6, 6.07) is -0.382. The van der Waals surface area contributed by atoms with Gasteiger partial charge in [-0.15, -0.1) is 0 Å². The minimum atomic E-state index is -0.922. The summed E-state index contributed by atoms with van der Waals surface area (Å²) in [6.45, 7) is 2.14. The third-order valence-electron chi connectivity index (χ3n) is 3.45. The third-order valence-corrected chi connectivity index (χ3v) is 3.45. The van der Waals surface area contributed by atoms with Crippen molar-refractivity contribution in [2.75, 3.05) is 20.1 Å². The van der Waals surface area contributed by atoms with Crippen LogP contribution >= 0.6 is 0 Å². The molecular weight excluding hydrogens is 250 g/mol. The first-order chi connectivity index (χ1) is 8.92. The summed E-state index contributed by atoms with van der Waals surface area (Å²) >= 11 is 0. The van der Waals surface area contributed by atoms with Gasteiger partial charge in [0.05, 0.1) is 12.0 Å². The lowest BCUT2D eigenvalue weighted by Crippen LogP contribution is -2.58. The zero-order valence-electron chi connectivity index (χ0n) is 11.4. The van der Waals surface area contributed by atoms with E-state index in [1.165, 1.54) is 11.9 Å². The molecule has 0 aromatic carbocycles. The number of amides is 3. The first-order valence-corrected chi connectivity index (χ1v) is 6.42. The third kappa shape index (κ3) is 4.11. The standard InChI is InChI=1S/C12H21N3O4/c1-3-15(8-9(16)13-2)11(19)14-12(5-4-6-12)7-10(17)18/h3-8H2,1-2H3,(H,13,16)(H,14,19)(H,17,18). The van der Waals surface area contributed by atoms with E-state index in [0.29, 0.717) is 19.4 Å². The van der Waals surface area contributed by atoms with Crippen molar-refractivity contribution in [2.24, 2.45) is 0 Å². The summed E-state index contributed by atoms with van der Waals surface area (Å²) in [4.78, 5) is 35.5. The molecule has 1 aliphatic carbocycles. The zero-order valence-corrected chi connectivity index (χ0v) is 11.4. The molecule has 0 bridgehead atoms. The Labute approximate surface area is 112 Å². The van der Waals surface area contributed by atoms with Crippen molar-refractivity contribution < 1.29 is 19.5 Å². The van der Waals surface area contributed by atoms with Crippen LogP contribution in [0.25, 0.3) is 0 Å². The Morgan fingerprint density at radius 3 is 2.32 bits per heavy atom. The Balaban J connectivity index is 2.60. The summed E-state index contributed by atoms with van der Waals surface area (Å²) < 4.78 is 0. The van der Waals surface area contributed by atoms with Gasteiger partial charge in [0.1, 0.15) is 6.54 Å². The van der Waals surface area contributed by atoms with Crippen molar-refractivity contribution in [2.45, 2.75) is 38.1 Å². The van der Waals surface area contributed by atoms with E-state index in [4.69, 9.17) is 5.11 Å². The molecule has 7 nitrogen and oxygen atoms in total. The fourth-order valence-electron chi connectivity index (χ4n) is 2.12. The zero-order chi connectivity index (χ0) is 14.5. The van der Waals surface area contributed by atoms with Crippen LogP contribution in [0.3, 0.4) is 0 Å². The summed E-state index contributed by atoms with van der Waals surface area (Å²) in [5, 5.41) is 14.1. The quantitative estimate of drug-likeness (QED) is 0.641. The molecule has 108 valence electrons. The largest absolute Gasteiger partial charge is 0.481 e. The highest BCUT2D eigenvalue weighted by Gasteiger charge is 2.41. The van der Waals surface area contributed by atoms with Gasteiger partial charge in [0.15, 0.2) is 0 Å². The van der Waals surface area contributed by atoms with Crippen LogP contribution in [0.2, 0.25) is 0 Å². The van der Waals surface area contributed by atoms with Gasteiger partial charge in [-0.2, -0.15) is 0 Å². The average Bonchev–Trinajstić information content (AvgIpc) is 2.31. The molecule has 0 aliphatic heterocycles. The second-order valence-corrected chi connectivity index (χ2v) is 4.82. The van der Waals surface area contributed by atoms with Crippen LogP contribution in [0.1, 0.15) is 32.6 Å². The lowest BCUT2D eigenvalue weighted by Gasteiger charge is -2.42. The van der Waals surface area contributed by atoms with Gasteiger partial charge in [-0.25, -0.2) is 4.79 Å². The van der Waals surface area contributed by atoms with Crippen LogP contribution in [0.15, 0.2) is 0 Å². The molecule has 0 unspecified atom stereocenters. The van der Waals surface area contributed by atoms with Crippen LogP contribution in [0, 0.1) is 0 Å². The van der Waals surface area contributed by atoms with E-state index in [1.54, 1.807) is 6.92 Å². The molecule has 0 aromatic rings. The number of likely N-dealkylation sites (N-methyl/N-ethyl adjacent to an activating group) is 2. The van der Waals surface area contributed by atoms with Crippen molar-refractivity contribution in [1.82, 2.24) is 15.5 Å². The van der Waals surface area contributed by atoms with Gasteiger partial charge in [-0.3, -0.25) is 9.59 Å². The number of nitrogens with one attached hydrogen (secondary N) is 2. The normalized spacial score (nSPS) is 16.1. The molecule has 1 aliphatic rings. The molecule has 1 saturated carbocycles. The van der Waals surface area contributed by atoms with Crippen LogP contribution in [0.5, 0.6) is 0 Å². The maximum absolute atomic E-state index is 12.1. The van der Waals surface area contributed by atoms with E-state index in [1.807, 2.05) is 0 Å². The van der Waals surface area contributed by atoms with Crippen molar-refractivity contribution >= 4 is 17.9 Å². The maximum atomic E-state index is 12.1. The Morgan fingerprint density at radius 2 is 1.95 bits per heavy atom. The van der Waals surface area contributed by atoms with Gasteiger partial charge in [0.25, 0.3) is 0 Å². The smallest absolute Gasteiger partial charge is 0.318 e. The van der Waals surface area contributed by atoms with Crippen molar-refractivity contribution in [1.29, 1.82) is 0 Å². The van der Waals surface area contributed by atoms with Crippen LogP contribution < -0.4 is 10.6 Å². The molecule has 0 heterocycles. The lowest BCUT2D eigenvalue weighted by molar-refractivity contribution is -0.139. The Morgan fingerprint density at radius 1 is 1.32 bits per heavy atom. The number of carbonyl (C=O) groups excluding carboxylic acids is 2. The number of carbonyl (C=O) groups is 3. The monoisotopic (exact) mass is 271 g/mol. The van der Waals surface area contributed by atoms with Crippen molar-refractivity contribution in [3.8, 4) is 0 Å². The molecular formula is C12H21N3O4. The van der Waals surface area contributed by atoms with E-state index in [-0.39, 0.29) is 24.9 Å². The minimum absolute atomic E-state index is 0.0258. The number of hydrogen-bond donors (Lipinski definition) is 3. The number of rotatable bonds is 6. The summed E-state index contributed by atoms with van der Waals surface area (Å²) in [7, 11) is 1.51. The first-order valence-electron chi connectivity index (χ1n) is 6.42.